The van der Waals surface area contributed by atoms with E-state index in [-0.39, 0.29) is 11.9 Å². The van der Waals surface area contributed by atoms with Crippen molar-refractivity contribution < 1.29 is 18.3 Å². The fraction of sp³-hybridized carbons (Fsp3) is 0.241. The van der Waals surface area contributed by atoms with Crippen LogP contribution >= 0.6 is 0 Å². The third-order valence-corrected chi connectivity index (χ3v) is 6.25. The average Bonchev–Trinajstić information content (AvgIpc) is 2.86. The molecule has 2 N–H and O–H groups in total. The van der Waals surface area contributed by atoms with Crippen LogP contribution in [0.5, 0.6) is 5.75 Å². The van der Waals surface area contributed by atoms with Gasteiger partial charge in [-0.1, -0.05) is 19.1 Å². The van der Waals surface area contributed by atoms with E-state index in [1.807, 2.05) is 25.1 Å². The molecule has 0 saturated heterocycles. The van der Waals surface area contributed by atoms with Crippen molar-refractivity contribution in [2.24, 2.45) is 5.73 Å². The molecule has 0 fully saturated rings. The van der Waals surface area contributed by atoms with E-state index in [1.165, 1.54) is 31.4 Å². The lowest BCUT2D eigenvalue weighted by Gasteiger charge is -2.23. The molecule has 1 amide bonds. The lowest BCUT2D eigenvalue weighted by molar-refractivity contribution is 0.0788. The fourth-order valence-corrected chi connectivity index (χ4v) is 4.32. The number of carbonyl (C=O) groups excluding carboxylic acids is 1. The van der Waals surface area contributed by atoms with Crippen LogP contribution in [0.3, 0.4) is 0 Å². The van der Waals surface area contributed by atoms with Crippen molar-refractivity contribution in [3.63, 3.8) is 0 Å². The molecule has 0 radical (unpaired) electrons. The molecular formula is C29H29F2N3O2. The molecule has 1 unspecified atom stereocenters. The van der Waals surface area contributed by atoms with Gasteiger partial charge in [-0.2, -0.15) is 0 Å². The van der Waals surface area contributed by atoms with E-state index in [1.54, 1.807) is 37.2 Å². The summed E-state index contributed by atoms with van der Waals surface area (Å²) in [7, 11) is 3.18. The van der Waals surface area contributed by atoms with E-state index >= 15 is 0 Å². The van der Waals surface area contributed by atoms with Crippen LogP contribution in [-0.2, 0) is 0 Å². The number of nitrogens with two attached hydrogens (primary N) is 1. The smallest absolute Gasteiger partial charge is 0.255 e. The first kappa shape index (κ1) is 25.3. The van der Waals surface area contributed by atoms with Gasteiger partial charge in [0.25, 0.3) is 5.91 Å². The Balaban J connectivity index is 1.97. The minimum Gasteiger partial charge on any atom is -0.497 e. The third-order valence-electron chi connectivity index (χ3n) is 6.25. The molecule has 0 aliphatic rings. The topological polar surface area (TPSA) is 68.5 Å². The van der Waals surface area contributed by atoms with Gasteiger partial charge >= 0.3 is 0 Å². The highest BCUT2D eigenvalue weighted by Gasteiger charge is 2.23. The minimum absolute atomic E-state index is 0.178. The molecule has 0 aliphatic carbocycles. The van der Waals surface area contributed by atoms with Gasteiger partial charge in [-0.05, 0) is 72.0 Å². The van der Waals surface area contributed by atoms with Gasteiger partial charge in [-0.15, -0.1) is 0 Å². The Hall–Kier alpha value is -3.84. The Morgan fingerprint density at radius 1 is 1.03 bits per heavy atom. The third kappa shape index (κ3) is 5.21. The first-order valence-electron chi connectivity index (χ1n) is 11.8. The normalized spacial score (nSPS) is 12.0. The van der Waals surface area contributed by atoms with Crippen LogP contribution in [0.4, 0.5) is 8.78 Å². The maximum Gasteiger partial charge on any atom is 0.255 e. The number of halogens is 2. The Morgan fingerprint density at radius 3 is 2.44 bits per heavy atom. The van der Waals surface area contributed by atoms with Crippen molar-refractivity contribution in [3.05, 3.63) is 83.6 Å². The number of methoxy groups -OCH3 is 1. The molecule has 5 nitrogen and oxygen atoms in total. The Morgan fingerprint density at radius 2 is 1.75 bits per heavy atom. The van der Waals surface area contributed by atoms with Gasteiger partial charge in [0.15, 0.2) is 0 Å². The number of aromatic nitrogens is 1. The molecule has 0 bridgehead atoms. The largest absolute Gasteiger partial charge is 0.497 e. The monoisotopic (exact) mass is 489 g/mol. The number of hydrogen-bond donors (Lipinski definition) is 1. The SMILES string of the molecule is CCC(N)CN(C)C(=O)c1c(-c2cc(C)cc(F)c2)cnc2ccc(-c3cc(F)cc(OC)c3)cc12. The maximum atomic E-state index is 14.4. The van der Waals surface area contributed by atoms with Gasteiger partial charge in [0.05, 0.1) is 18.2 Å². The van der Waals surface area contributed by atoms with Crippen LogP contribution in [0.15, 0.2) is 60.8 Å². The second-order valence-electron chi connectivity index (χ2n) is 9.03. The Labute approximate surface area is 209 Å². The van der Waals surface area contributed by atoms with E-state index < -0.39 is 11.6 Å². The first-order chi connectivity index (χ1) is 17.2. The molecule has 1 aromatic heterocycles. The molecular weight excluding hydrogens is 460 g/mol. The van der Waals surface area contributed by atoms with E-state index in [4.69, 9.17) is 10.5 Å². The predicted molar refractivity (Wildman–Crippen MR) is 139 cm³/mol. The summed E-state index contributed by atoms with van der Waals surface area (Å²) in [6.07, 6.45) is 2.32. The van der Waals surface area contributed by atoms with Crippen LogP contribution < -0.4 is 10.5 Å². The number of ether oxygens (including phenoxy) is 1. The molecule has 7 heteroatoms. The van der Waals surface area contributed by atoms with Gasteiger partial charge in [0.2, 0.25) is 0 Å². The van der Waals surface area contributed by atoms with Crippen LogP contribution in [0.2, 0.25) is 0 Å². The molecule has 0 spiro atoms. The summed E-state index contributed by atoms with van der Waals surface area (Å²) in [5, 5.41) is 0.581. The van der Waals surface area contributed by atoms with Crippen molar-refractivity contribution in [1.82, 2.24) is 9.88 Å². The molecule has 1 atom stereocenters. The van der Waals surface area contributed by atoms with Crippen LogP contribution in [0.25, 0.3) is 33.2 Å². The number of pyridine rings is 1. The maximum absolute atomic E-state index is 14.4. The lowest BCUT2D eigenvalue weighted by atomic mass is 9.93. The zero-order valence-corrected chi connectivity index (χ0v) is 20.8. The van der Waals surface area contributed by atoms with Crippen LogP contribution in [-0.4, -0.2) is 42.5 Å². The van der Waals surface area contributed by atoms with E-state index in [9.17, 15) is 13.6 Å². The highest BCUT2D eigenvalue weighted by molar-refractivity contribution is 6.12. The Bertz CT molecular complexity index is 1420. The van der Waals surface area contributed by atoms with Crippen LogP contribution in [0.1, 0.15) is 29.3 Å². The van der Waals surface area contributed by atoms with Crippen molar-refractivity contribution in [2.75, 3.05) is 20.7 Å². The second kappa shape index (κ2) is 10.4. The predicted octanol–water partition coefficient (Wildman–Crippen LogP) is 5.97. The van der Waals surface area contributed by atoms with Crippen molar-refractivity contribution in [1.29, 1.82) is 0 Å². The van der Waals surface area contributed by atoms with Crippen molar-refractivity contribution >= 4 is 16.8 Å². The first-order valence-corrected chi connectivity index (χ1v) is 11.8. The molecule has 4 aromatic rings. The quantitative estimate of drug-likeness (QED) is 0.347. The van der Waals surface area contributed by atoms with Crippen molar-refractivity contribution in [2.45, 2.75) is 26.3 Å². The van der Waals surface area contributed by atoms with Gasteiger partial charge in [0.1, 0.15) is 17.4 Å². The van der Waals surface area contributed by atoms with E-state index in [0.717, 1.165) is 12.0 Å². The number of fused-ring (bicyclic) bond motifs is 1. The van der Waals surface area contributed by atoms with Gasteiger partial charge in [-0.3, -0.25) is 9.78 Å². The molecule has 186 valence electrons. The number of nitrogens with zero attached hydrogens (tertiary/aromatic N) is 2. The average molecular weight is 490 g/mol. The number of likely N-dealkylation sites (N-methyl/N-ethyl adjacent to an activating group) is 1. The Kier molecular flexibility index (Phi) is 7.31. The standard InChI is InChI=1S/C29H29F2N3O2/c1-5-23(32)16-34(3)29(35)28-25-13-18(19-10-22(31)14-24(12-19)36-4)6-7-27(25)33-15-26(28)20-8-17(2)9-21(30)11-20/h6-15,23H,5,16,32H2,1-4H3. The summed E-state index contributed by atoms with van der Waals surface area (Å²) in [5.41, 5.74) is 10.2. The fourth-order valence-electron chi connectivity index (χ4n) is 4.32. The number of amides is 1. The zero-order chi connectivity index (χ0) is 26.0. The second-order valence-corrected chi connectivity index (χ2v) is 9.03. The molecule has 1 heterocycles. The number of carbonyl (C=O) groups is 1. The zero-order valence-electron chi connectivity index (χ0n) is 20.8. The van der Waals surface area contributed by atoms with Gasteiger partial charge in [0, 0.05) is 42.8 Å². The summed E-state index contributed by atoms with van der Waals surface area (Å²) < 4.78 is 33.8. The number of benzene rings is 3. The molecule has 3 aromatic carbocycles. The summed E-state index contributed by atoms with van der Waals surface area (Å²) >= 11 is 0. The lowest BCUT2D eigenvalue weighted by Crippen LogP contribution is -2.38. The molecule has 4 rings (SSSR count). The summed E-state index contributed by atoms with van der Waals surface area (Å²) in [6, 6.07) is 14.3. The summed E-state index contributed by atoms with van der Waals surface area (Å²) in [6.45, 7) is 4.12. The highest BCUT2D eigenvalue weighted by Crippen LogP contribution is 2.34. The van der Waals surface area contributed by atoms with Gasteiger partial charge in [-0.25, -0.2) is 8.78 Å². The van der Waals surface area contributed by atoms with E-state index in [2.05, 4.69) is 4.98 Å². The van der Waals surface area contributed by atoms with Crippen LogP contribution in [0, 0.1) is 18.6 Å². The number of hydrogen-bond acceptors (Lipinski definition) is 4. The van der Waals surface area contributed by atoms with E-state index in [0.29, 0.717) is 51.0 Å². The number of rotatable bonds is 7. The molecule has 36 heavy (non-hydrogen) atoms. The number of aryl methyl sites for hydroxylation is 1. The molecule has 0 saturated carbocycles. The summed E-state index contributed by atoms with van der Waals surface area (Å²) in [5.74, 6) is -0.699. The minimum atomic E-state index is -0.434. The molecule has 0 aliphatic heterocycles. The van der Waals surface area contributed by atoms with Crippen molar-refractivity contribution in [3.8, 4) is 28.0 Å². The highest BCUT2D eigenvalue weighted by atomic mass is 19.1. The summed E-state index contributed by atoms with van der Waals surface area (Å²) in [4.78, 5) is 20.0. The van der Waals surface area contributed by atoms with Gasteiger partial charge < -0.3 is 15.4 Å².